The lowest BCUT2D eigenvalue weighted by Gasteiger charge is -2.12. The van der Waals surface area contributed by atoms with Gasteiger partial charge in [0, 0.05) is 0 Å². The highest BCUT2D eigenvalue weighted by Gasteiger charge is 2.13. The van der Waals surface area contributed by atoms with Gasteiger partial charge in [-0.05, 0) is 19.1 Å². The number of nitrogens with one attached hydrogen (secondary N) is 1. The monoisotopic (exact) mass is 230 g/mol. The Hall–Kier alpha value is -1.69. The second kappa shape index (κ2) is 5.41. The highest BCUT2D eigenvalue weighted by molar-refractivity contribution is 5.95. The highest BCUT2D eigenvalue weighted by Crippen LogP contribution is 2.25. The molecule has 0 saturated carbocycles. The predicted octanol–water partition coefficient (Wildman–Crippen LogP) is 1.57. The van der Waals surface area contributed by atoms with Crippen molar-refractivity contribution in [2.75, 3.05) is 5.32 Å². The molecule has 1 amide bonds. The Morgan fingerprint density at radius 3 is 2.62 bits per heavy atom. The summed E-state index contributed by atoms with van der Waals surface area (Å²) in [4.78, 5) is 11.3. The van der Waals surface area contributed by atoms with Gasteiger partial charge in [-0.25, -0.2) is 0 Å². The molecule has 0 bridgehead atoms. The lowest BCUT2D eigenvalue weighted by Crippen LogP contribution is -2.32. The maximum atomic E-state index is 12.0. The first-order valence-corrected chi connectivity index (χ1v) is 4.61. The van der Waals surface area contributed by atoms with E-state index in [1.165, 1.54) is 25.1 Å². The smallest absolute Gasteiger partial charge is 0.387 e. The SMILES string of the molecule is C[C@H](N)C(=O)Nc1ccccc1OC(F)F. The highest BCUT2D eigenvalue weighted by atomic mass is 19.3. The average molecular weight is 230 g/mol. The summed E-state index contributed by atoms with van der Waals surface area (Å²) in [6.45, 7) is -1.44. The third kappa shape index (κ3) is 3.47. The molecule has 0 aliphatic heterocycles. The van der Waals surface area contributed by atoms with Gasteiger partial charge in [-0.15, -0.1) is 0 Å². The molecule has 1 aromatic rings. The second-order valence-electron chi connectivity index (χ2n) is 3.15. The van der Waals surface area contributed by atoms with Gasteiger partial charge in [0.25, 0.3) is 0 Å². The van der Waals surface area contributed by atoms with Gasteiger partial charge in [0.15, 0.2) is 0 Å². The summed E-state index contributed by atoms with van der Waals surface area (Å²) >= 11 is 0. The van der Waals surface area contributed by atoms with Crippen molar-refractivity contribution in [3.8, 4) is 5.75 Å². The van der Waals surface area contributed by atoms with Crippen molar-refractivity contribution in [3.05, 3.63) is 24.3 Å². The molecule has 0 radical (unpaired) electrons. The fraction of sp³-hybridized carbons (Fsp3) is 0.300. The van der Waals surface area contributed by atoms with Crippen LogP contribution < -0.4 is 15.8 Å². The maximum Gasteiger partial charge on any atom is 0.387 e. The minimum absolute atomic E-state index is 0.0912. The zero-order chi connectivity index (χ0) is 12.1. The van der Waals surface area contributed by atoms with Crippen LogP contribution in [0.3, 0.4) is 0 Å². The third-order valence-electron chi connectivity index (χ3n) is 1.77. The van der Waals surface area contributed by atoms with E-state index in [0.29, 0.717) is 0 Å². The van der Waals surface area contributed by atoms with Crippen molar-refractivity contribution in [2.45, 2.75) is 19.6 Å². The number of para-hydroxylation sites is 2. The van der Waals surface area contributed by atoms with Crippen molar-refractivity contribution in [3.63, 3.8) is 0 Å². The van der Waals surface area contributed by atoms with Crippen LogP contribution in [0.25, 0.3) is 0 Å². The van der Waals surface area contributed by atoms with Crippen LogP contribution in [0.1, 0.15) is 6.92 Å². The largest absolute Gasteiger partial charge is 0.433 e. The molecule has 16 heavy (non-hydrogen) atoms. The summed E-state index contributed by atoms with van der Waals surface area (Å²) < 4.78 is 28.3. The average Bonchev–Trinajstić information content (AvgIpc) is 2.20. The van der Waals surface area contributed by atoms with Gasteiger partial charge in [-0.1, -0.05) is 12.1 Å². The van der Waals surface area contributed by atoms with Gasteiger partial charge in [-0.2, -0.15) is 8.78 Å². The van der Waals surface area contributed by atoms with Crippen LogP contribution in [-0.4, -0.2) is 18.6 Å². The van der Waals surface area contributed by atoms with Crippen LogP contribution in [0.4, 0.5) is 14.5 Å². The molecular weight excluding hydrogens is 218 g/mol. The standard InChI is InChI=1S/C10H12F2N2O2/c1-6(13)9(15)14-7-4-2-3-5-8(7)16-10(11)12/h2-6,10H,13H2,1H3,(H,14,15)/t6-/m0/s1. The number of anilines is 1. The van der Waals surface area contributed by atoms with E-state index in [-0.39, 0.29) is 11.4 Å². The number of hydrogen-bond donors (Lipinski definition) is 2. The van der Waals surface area contributed by atoms with E-state index in [1.54, 1.807) is 6.07 Å². The number of carbonyl (C=O) groups is 1. The number of amides is 1. The summed E-state index contributed by atoms with van der Waals surface area (Å²) in [5.41, 5.74) is 5.51. The summed E-state index contributed by atoms with van der Waals surface area (Å²) in [5, 5.41) is 2.39. The van der Waals surface area contributed by atoms with Gasteiger partial charge in [0.05, 0.1) is 11.7 Å². The van der Waals surface area contributed by atoms with E-state index >= 15 is 0 Å². The van der Waals surface area contributed by atoms with Crippen molar-refractivity contribution < 1.29 is 18.3 Å². The lowest BCUT2D eigenvalue weighted by atomic mass is 10.2. The first-order chi connectivity index (χ1) is 7.50. The first-order valence-electron chi connectivity index (χ1n) is 4.61. The second-order valence-corrected chi connectivity index (χ2v) is 3.15. The molecular formula is C10H12F2N2O2. The number of carbonyl (C=O) groups excluding carboxylic acids is 1. The Morgan fingerprint density at radius 2 is 2.06 bits per heavy atom. The molecule has 4 nitrogen and oxygen atoms in total. The Morgan fingerprint density at radius 1 is 1.44 bits per heavy atom. The summed E-state index contributed by atoms with van der Waals surface area (Å²) in [7, 11) is 0. The number of alkyl halides is 2. The molecule has 0 fully saturated rings. The van der Waals surface area contributed by atoms with Gasteiger partial charge in [-0.3, -0.25) is 4.79 Å². The van der Waals surface area contributed by atoms with Crippen LogP contribution in [0.15, 0.2) is 24.3 Å². The summed E-state index contributed by atoms with van der Waals surface area (Å²) in [5.74, 6) is -0.559. The molecule has 1 atom stereocenters. The quantitative estimate of drug-likeness (QED) is 0.825. The number of halogens is 2. The number of nitrogens with two attached hydrogens (primary N) is 1. The predicted molar refractivity (Wildman–Crippen MR) is 55.4 cm³/mol. The van der Waals surface area contributed by atoms with Crippen LogP contribution >= 0.6 is 0 Å². The number of ether oxygens (including phenoxy) is 1. The third-order valence-corrected chi connectivity index (χ3v) is 1.77. The number of hydrogen-bond acceptors (Lipinski definition) is 3. The Labute approximate surface area is 91.4 Å². The van der Waals surface area contributed by atoms with Gasteiger partial charge < -0.3 is 15.8 Å². The van der Waals surface area contributed by atoms with Crippen molar-refractivity contribution >= 4 is 11.6 Å². The molecule has 0 heterocycles. The zero-order valence-electron chi connectivity index (χ0n) is 8.61. The van der Waals surface area contributed by atoms with E-state index in [1.807, 2.05) is 0 Å². The molecule has 88 valence electrons. The molecule has 0 spiro atoms. The van der Waals surface area contributed by atoms with E-state index in [2.05, 4.69) is 10.1 Å². The van der Waals surface area contributed by atoms with Crippen LogP contribution in [0.5, 0.6) is 5.75 Å². The summed E-state index contributed by atoms with van der Waals surface area (Å²) in [6, 6.07) is 5.19. The maximum absolute atomic E-state index is 12.0. The Bertz CT molecular complexity index is 370. The lowest BCUT2D eigenvalue weighted by molar-refractivity contribution is -0.117. The van der Waals surface area contributed by atoms with Crippen LogP contribution in [0, 0.1) is 0 Å². The minimum Gasteiger partial charge on any atom is -0.433 e. The molecule has 1 rings (SSSR count). The molecule has 0 aliphatic carbocycles. The molecule has 0 aromatic heterocycles. The van der Waals surface area contributed by atoms with Crippen molar-refractivity contribution in [1.29, 1.82) is 0 Å². The summed E-state index contributed by atoms with van der Waals surface area (Å²) in [6.07, 6.45) is 0. The molecule has 1 aromatic carbocycles. The van der Waals surface area contributed by atoms with E-state index in [4.69, 9.17) is 5.73 Å². The zero-order valence-corrected chi connectivity index (χ0v) is 8.61. The Balaban J connectivity index is 2.82. The van der Waals surface area contributed by atoms with Crippen LogP contribution in [0.2, 0.25) is 0 Å². The van der Waals surface area contributed by atoms with Crippen molar-refractivity contribution in [2.24, 2.45) is 5.73 Å². The minimum atomic E-state index is -2.94. The fourth-order valence-electron chi connectivity index (χ4n) is 1.02. The van der Waals surface area contributed by atoms with Gasteiger partial charge in [0.2, 0.25) is 5.91 Å². The van der Waals surface area contributed by atoms with E-state index < -0.39 is 18.6 Å². The molecule has 6 heteroatoms. The van der Waals surface area contributed by atoms with Crippen molar-refractivity contribution in [1.82, 2.24) is 0 Å². The number of benzene rings is 1. The van der Waals surface area contributed by atoms with E-state index in [9.17, 15) is 13.6 Å². The topological polar surface area (TPSA) is 64.4 Å². The molecule has 0 unspecified atom stereocenters. The van der Waals surface area contributed by atoms with Crippen LogP contribution in [-0.2, 0) is 4.79 Å². The normalized spacial score (nSPS) is 12.3. The molecule has 0 aliphatic rings. The Kier molecular flexibility index (Phi) is 4.19. The first kappa shape index (κ1) is 12.4. The van der Waals surface area contributed by atoms with Gasteiger partial charge in [0.1, 0.15) is 5.75 Å². The van der Waals surface area contributed by atoms with E-state index in [0.717, 1.165) is 0 Å². The molecule has 0 saturated heterocycles. The number of rotatable bonds is 4. The fourth-order valence-corrected chi connectivity index (χ4v) is 1.02. The van der Waals surface area contributed by atoms with Gasteiger partial charge >= 0.3 is 6.61 Å². The molecule has 3 N–H and O–H groups in total.